The van der Waals surface area contributed by atoms with Gasteiger partial charge in [-0.05, 0) is 55.0 Å². The van der Waals surface area contributed by atoms with Crippen molar-refractivity contribution < 1.29 is 27.4 Å². The van der Waals surface area contributed by atoms with Gasteiger partial charge in [-0.15, -0.1) is 10.2 Å². The van der Waals surface area contributed by atoms with E-state index in [2.05, 4.69) is 14.9 Å². The summed E-state index contributed by atoms with van der Waals surface area (Å²) in [6, 6.07) is 15.9. The van der Waals surface area contributed by atoms with Crippen LogP contribution in [-0.2, 0) is 10.0 Å². The van der Waals surface area contributed by atoms with Crippen LogP contribution in [0.25, 0.3) is 22.9 Å². The number of sulfonamides is 1. The van der Waals surface area contributed by atoms with Gasteiger partial charge in [0, 0.05) is 17.2 Å². The van der Waals surface area contributed by atoms with Gasteiger partial charge in [-0.2, -0.15) is 0 Å². The van der Waals surface area contributed by atoms with E-state index >= 15 is 0 Å². The Morgan fingerprint density at radius 1 is 0.879 bits per heavy atom. The smallest absolute Gasteiger partial charge is 0.262 e. The van der Waals surface area contributed by atoms with E-state index in [1.807, 2.05) is 0 Å². The van der Waals surface area contributed by atoms with Crippen LogP contribution in [0.5, 0.6) is 17.2 Å². The molecule has 0 aliphatic heterocycles. The van der Waals surface area contributed by atoms with E-state index < -0.39 is 10.0 Å². The largest absolute Gasteiger partial charge is 0.508 e. The molecule has 10 heteroatoms. The van der Waals surface area contributed by atoms with E-state index in [0.29, 0.717) is 28.2 Å². The summed E-state index contributed by atoms with van der Waals surface area (Å²) >= 11 is 0. The third-order valence-electron chi connectivity index (χ3n) is 4.88. The zero-order valence-electron chi connectivity index (χ0n) is 18.1. The molecule has 0 radical (unpaired) electrons. The molecule has 0 aliphatic rings. The minimum Gasteiger partial charge on any atom is -0.508 e. The van der Waals surface area contributed by atoms with Crippen molar-refractivity contribution in [3.05, 3.63) is 66.2 Å². The summed E-state index contributed by atoms with van der Waals surface area (Å²) in [5, 5.41) is 17.8. The van der Waals surface area contributed by atoms with Crippen LogP contribution >= 0.6 is 0 Å². The Hall–Kier alpha value is -4.05. The maximum atomic E-state index is 13.0. The van der Waals surface area contributed by atoms with Crippen LogP contribution in [0, 0.1) is 6.92 Å². The highest BCUT2D eigenvalue weighted by molar-refractivity contribution is 7.92. The normalized spacial score (nSPS) is 11.2. The number of hydrogen-bond acceptors (Lipinski definition) is 8. The van der Waals surface area contributed by atoms with Crippen LogP contribution in [0.1, 0.15) is 5.56 Å². The molecule has 0 saturated heterocycles. The maximum Gasteiger partial charge on any atom is 0.262 e. The van der Waals surface area contributed by atoms with E-state index in [0.717, 1.165) is 0 Å². The lowest BCUT2D eigenvalue weighted by Crippen LogP contribution is -2.14. The highest BCUT2D eigenvalue weighted by Crippen LogP contribution is 2.33. The van der Waals surface area contributed by atoms with Crippen LogP contribution in [0.3, 0.4) is 0 Å². The van der Waals surface area contributed by atoms with Gasteiger partial charge in [-0.25, -0.2) is 8.42 Å². The highest BCUT2D eigenvalue weighted by Gasteiger charge is 2.20. The Kier molecular flexibility index (Phi) is 5.93. The lowest BCUT2D eigenvalue weighted by molar-refractivity contribution is 0.355. The molecule has 9 nitrogen and oxygen atoms in total. The molecule has 0 bridgehead atoms. The number of rotatable bonds is 7. The number of phenols is 1. The summed E-state index contributed by atoms with van der Waals surface area (Å²) in [6.45, 7) is 1.68. The van der Waals surface area contributed by atoms with E-state index in [1.54, 1.807) is 56.5 Å². The standard InChI is InChI=1S/C23H21N3O6S/c1-14-7-8-16(12-21(14)33(28,29)26-17-5-4-6-18(27)13-17)23-25-24-22(32-23)15-9-10-19(30-2)20(11-15)31-3/h4-13,26-27H,1-3H3. The molecule has 1 aromatic heterocycles. The van der Waals surface area contributed by atoms with Crippen molar-refractivity contribution in [2.24, 2.45) is 0 Å². The number of hydrogen-bond donors (Lipinski definition) is 2. The molecule has 0 unspecified atom stereocenters. The van der Waals surface area contributed by atoms with Gasteiger partial charge in [0.25, 0.3) is 10.0 Å². The van der Waals surface area contributed by atoms with E-state index in [4.69, 9.17) is 13.9 Å². The molecule has 170 valence electrons. The molecule has 3 aromatic carbocycles. The molecule has 0 saturated carbocycles. The fourth-order valence-corrected chi connectivity index (χ4v) is 4.55. The van der Waals surface area contributed by atoms with Crippen molar-refractivity contribution in [2.75, 3.05) is 18.9 Å². The SMILES string of the molecule is COc1ccc(-c2nnc(-c3ccc(C)c(S(=O)(=O)Nc4cccc(O)c4)c3)o2)cc1OC. The van der Waals surface area contributed by atoms with Gasteiger partial charge in [0.05, 0.1) is 24.8 Å². The minimum absolute atomic E-state index is 0.0470. The number of aromatic nitrogens is 2. The monoisotopic (exact) mass is 467 g/mol. The number of aryl methyl sites for hydroxylation is 1. The molecule has 0 amide bonds. The molecule has 0 atom stereocenters. The molecule has 2 N–H and O–H groups in total. The van der Waals surface area contributed by atoms with Gasteiger partial charge < -0.3 is 19.0 Å². The Bertz CT molecular complexity index is 1420. The van der Waals surface area contributed by atoms with Crippen molar-refractivity contribution in [3.8, 4) is 40.2 Å². The first-order chi connectivity index (χ1) is 15.8. The van der Waals surface area contributed by atoms with Crippen LogP contribution in [0.15, 0.2) is 70.0 Å². The van der Waals surface area contributed by atoms with Gasteiger partial charge in [0.2, 0.25) is 11.8 Å². The van der Waals surface area contributed by atoms with Crippen molar-refractivity contribution in [1.82, 2.24) is 10.2 Å². The second-order valence-electron chi connectivity index (χ2n) is 7.12. The van der Waals surface area contributed by atoms with Crippen molar-refractivity contribution in [3.63, 3.8) is 0 Å². The summed E-state index contributed by atoms with van der Waals surface area (Å²) in [4.78, 5) is 0.0502. The van der Waals surface area contributed by atoms with Crippen molar-refractivity contribution >= 4 is 15.7 Å². The predicted molar refractivity (Wildman–Crippen MR) is 122 cm³/mol. The number of benzene rings is 3. The second kappa shape index (κ2) is 8.83. The Morgan fingerprint density at radius 3 is 2.21 bits per heavy atom. The number of methoxy groups -OCH3 is 2. The summed E-state index contributed by atoms with van der Waals surface area (Å²) in [7, 11) is -0.865. The lowest BCUT2D eigenvalue weighted by atomic mass is 10.1. The molecule has 4 rings (SSSR count). The molecule has 0 fully saturated rings. The number of phenolic OH excluding ortho intramolecular Hbond substituents is 1. The van der Waals surface area contributed by atoms with E-state index in [-0.39, 0.29) is 28.1 Å². The van der Waals surface area contributed by atoms with Gasteiger partial charge in [-0.1, -0.05) is 12.1 Å². The van der Waals surface area contributed by atoms with E-state index in [1.165, 1.54) is 25.3 Å². The van der Waals surface area contributed by atoms with Gasteiger partial charge >= 0.3 is 0 Å². The quantitative estimate of drug-likeness (QED) is 0.414. The number of nitrogens with one attached hydrogen (secondary N) is 1. The number of ether oxygens (including phenoxy) is 2. The van der Waals surface area contributed by atoms with Crippen LogP contribution in [0.4, 0.5) is 5.69 Å². The Morgan fingerprint density at radius 2 is 1.55 bits per heavy atom. The van der Waals surface area contributed by atoms with Crippen molar-refractivity contribution in [1.29, 1.82) is 0 Å². The summed E-state index contributed by atoms with van der Waals surface area (Å²) in [5.74, 6) is 1.43. The molecule has 0 aliphatic carbocycles. The Balaban J connectivity index is 1.67. The van der Waals surface area contributed by atoms with Crippen LogP contribution in [0.2, 0.25) is 0 Å². The third kappa shape index (κ3) is 4.60. The van der Waals surface area contributed by atoms with Crippen LogP contribution in [-0.4, -0.2) is 37.9 Å². The predicted octanol–water partition coefficient (Wildman–Crippen LogP) is 4.24. The topological polar surface area (TPSA) is 124 Å². The van der Waals surface area contributed by atoms with E-state index in [9.17, 15) is 13.5 Å². The lowest BCUT2D eigenvalue weighted by Gasteiger charge is -2.11. The van der Waals surface area contributed by atoms with Crippen LogP contribution < -0.4 is 14.2 Å². The number of aromatic hydroxyl groups is 1. The molecular weight excluding hydrogens is 446 g/mol. The van der Waals surface area contributed by atoms with Gasteiger partial charge in [-0.3, -0.25) is 4.72 Å². The molecule has 33 heavy (non-hydrogen) atoms. The third-order valence-corrected chi connectivity index (χ3v) is 6.40. The summed E-state index contributed by atoms with van der Waals surface area (Å²) < 4.78 is 44.8. The average Bonchev–Trinajstić information content (AvgIpc) is 3.29. The fraction of sp³-hybridized carbons (Fsp3) is 0.130. The summed E-state index contributed by atoms with van der Waals surface area (Å²) in [5.41, 5.74) is 1.84. The first-order valence-electron chi connectivity index (χ1n) is 9.79. The van der Waals surface area contributed by atoms with Gasteiger partial charge in [0.1, 0.15) is 5.75 Å². The molecular formula is C23H21N3O6S. The molecule has 1 heterocycles. The number of nitrogens with zero attached hydrogens (tertiary/aromatic N) is 2. The molecule has 0 spiro atoms. The van der Waals surface area contributed by atoms with Gasteiger partial charge in [0.15, 0.2) is 11.5 Å². The number of anilines is 1. The Labute approximate surface area is 190 Å². The fourth-order valence-electron chi connectivity index (χ4n) is 3.23. The zero-order valence-corrected chi connectivity index (χ0v) is 18.9. The molecule has 4 aromatic rings. The highest BCUT2D eigenvalue weighted by atomic mass is 32.2. The minimum atomic E-state index is -3.93. The van der Waals surface area contributed by atoms with Crippen molar-refractivity contribution in [2.45, 2.75) is 11.8 Å². The first-order valence-corrected chi connectivity index (χ1v) is 11.3. The zero-order chi connectivity index (χ0) is 23.6. The first kappa shape index (κ1) is 22.2. The second-order valence-corrected chi connectivity index (χ2v) is 8.77. The summed E-state index contributed by atoms with van der Waals surface area (Å²) in [6.07, 6.45) is 0. The average molecular weight is 468 g/mol. The maximum absolute atomic E-state index is 13.0.